The number of rotatable bonds is 4. The molecule has 5 nitrogen and oxygen atoms in total. The van der Waals surface area contributed by atoms with Crippen molar-refractivity contribution in [1.29, 1.82) is 0 Å². The van der Waals surface area contributed by atoms with Crippen LogP contribution in [0.1, 0.15) is 25.7 Å². The van der Waals surface area contributed by atoms with Gasteiger partial charge in [0.2, 0.25) is 11.7 Å². The van der Waals surface area contributed by atoms with Crippen LogP contribution in [0.2, 0.25) is 0 Å². The van der Waals surface area contributed by atoms with Crippen LogP contribution in [0.5, 0.6) is 0 Å². The quantitative estimate of drug-likeness (QED) is 0.938. The average Bonchev–Trinajstić information content (AvgIpc) is 3.09. The summed E-state index contributed by atoms with van der Waals surface area (Å²) >= 11 is 1.63. The molecule has 0 radical (unpaired) electrons. The molecule has 1 saturated heterocycles. The molecule has 1 atom stereocenters. The number of thiophene rings is 1. The zero-order valence-electron chi connectivity index (χ0n) is 11.5. The summed E-state index contributed by atoms with van der Waals surface area (Å²) in [6.45, 7) is 4.53. The van der Waals surface area contributed by atoms with Crippen LogP contribution in [0.4, 0.5) is 0 Å². The molecule has 2 aromatic rings. The van der Waals surface area contributed by atoms with E-state index in [0.717, 1.165) is 31.5 Å². The van der Waals surface area contributed by atoms with Gasteiger partial charge >= 0.3 is 0 Å². The minimum atomic E-state index is -0.203. The number of hydrogen-bond donors (Lipinski definition) is 1. The molecule has 1 unspecified atom stereocenters. The summed E-state index contributed by atoms with van der Waals surface area (Å²) in [5.41, 5.74) is 1.01. The van der Waals surface area contributed by atoms with Crippen LogP contribution < -0.4 is 0 Å². The number of aliphatic hydroxyl groups excluding tert-OH is 1. The predicted octanol–water partition coefficient (Wildman–Crippen LogP) is 2.39. The van der Waals surface area contributed by atoms with Gasteiger partial charge in [-0.05, 0) is 50.2 Å². The molecular formula is C14H19N3O2S. The van der Waals surface area contributed by atoms with Crippen LogP contribution in [-0.4, -0.2) is 39.3 Å². The molecule has 20 heavy (non-hydrogen) atoms. The summed E-state index contributed by atoms with van der Waals surface area (Å²) < 4.78 is 5.32. The van der Waals surface area contributed by atoms with Crippen molar-refractivity contribution in [2.24, 2.45) is 5.92 Å². The lowest BCUT2D eigenvalue weighted by molar-refractivity contribution is 0.0660. The van der Waals surface area contributed by atoms with Crippen LogP contribution in [0.15, 0.2) is 21.3 Å². The van der Waals surface area contributed by atoms with Gasteiger partial charge in [0, 0.05) is 10.9 Å². The molecule has 0 spiro atoms. The Kier molecular flexibility index (Phi) is 4.14. The minimum absolute atomic E-state index is 0.203. The van der Waals surface area contributed by atoms with Crippen molar-refractivity contribution in [3.05, 3.63) is 22.7 Å². The lowest BCUT2D eigenvalue weighted by Crippen LogP contribution is -2.36. The Morgan fingerprint density at radius 1 is 1.50 bits per heavy atom. The highest BCUT2D eigenvalue weighted by atomic mass is 32.1. The fourth-order valence-corrected chi connectivity index (χ4v) is 3.25. The highest BCUT2D eigenvalue weighted by Gasteiger charge is 2.23. The number of likely N-dealkylation sites (tertiary alicyclic amines) is 1. The van der Waals surface area contributed by atoms with Crippen LogP contribution >= 0.6 is 11.3 Å². The second-order valence-corrected chi connectivity index (χ2v) is 6.16. The Hall–Kier alpha value is -1.24. The van der Waals surface area contributed by atoms with Crippen LogP contribution in [0.3, 0.4) is 0 Å². The van der Waals surface area contributed by atoms with Crippen LogP contribution in [0, 0.1) is 5.92 Å². The van der Waals surface area contributed by atoms with E-state index in [2.05, 4.69) is 15.0 Å². The summed E-state index contributed by atoms with van der Waals surface area (Å²) in [4.78, 5) is 6.75. The number of aromatic nitrogens is 2. The highest BCUT2D eigenvalue weighted by Crippen LogP contribution is 2.23. The number of aliphatic hydroxyl groups is 1. The Balaban J connectivity index is 1.57. The van der Waals surface area contributed by atoms with Crippen molar-refractivity contribution in [2.75, 3.05) is 13.1 Å². The standard InChI is InChI=1S/C14H19N3O2S/c1-10(18)11-2-5-17(6-3-11)8-13-15-14(16-19-13)12-4-7-20-9-12/h4,7,9-11,18H,2-3,5-6,8H2,1H3. The first-order valence-electron chi connectivity index (χ1n) is 6.98. The average molecular weight is 293 g/mol. The van der Waals surface area contributed by atoms with Gasteiger partial charge in [-0.25, -0.2) is 0 Å². The maximum Gasteiger partial charge on any atom is 0.241 e. The Bertz CT molecular complexity index is 530. The molecule has 1 fully saturated rings. The predicted molar refractivity (Wildman–Crippen MR) is 77.3 cm³/mol. The van der Waals surface area contributed by atoms with Crippen molar-refractivity contribution in [3.63, 3.8) is 0 Å². The summed E-state index contributed by atoms with van der Waals surface area (Å²) in [6.07, 6.45) is 1.86. The molecule has 1 N–H and O–H groups in total. The summed E-state index contributed by atoms with van der Waals surface area (Å²) in [6, 6.07) is 1.99. The van der Waals surface area contributed by atoms with E-state index in [-0.39, 0.29) is 6.10 Å². The van der Waals surface area contributed by atoms with E-state index in [0.29, 0.717) is 24.2 Å². The van der Waals surface area contributed by atoms with E-state index in [4.69, 9.17) is 4.52 Å². The van der Waals surface area contributed by atoms with Gasteiger partial charge in [-0.2, -0.15) is 16.3 Å². The molecule has 3 heterocycles. The molecule has 0 aromatic carbocycles. The monoisotopic (exact) mass is 293 g/mol. The summed E-state index contributed by atoms with van der Waals surface area (Å²) in [5.74, 6) is 1.76. The molecule has 108 valence electrons. The Morgan fingerprint density at radius 3 is 2.95 bits per heavy atom. The lowest BCUT2D eigenvalue weighted by Gasteiger charge is -2.32. The van der Waals surface area contributed by atoms with Crippen molar-refractivity contribution < 1.29 is 9.63 Å². The largest absolute Gasteiger partial charge is 0.393 e. The minimum Gasteiger partial charge on any atom is -0.393 e. The summed E-state index contributed by atoms with van der Waals surface area (Å²) in [5, 5.41) is 17.6. The van der Waals surface area contributed by atoms with Gasteiger partial charge in [-0.15, -0.1) is 0 Å². The second kappa shape index (κ2) is 6.03. The molecule has 0 saturated carbocycles. The molecule has 0 bridgehead atoms. The third-order valence-electron chi connectivity index (χ3n) is 3.92. The van der Waals surface area contributed by atoms with Crippen LogP contribution in [-0.2, 0) is 6.54 Å². The van der Waals surface area contributed by atoms with Crippen molar-refractivity contribution in [2.45, 2.75) is 32.4 Å². The molecule has 0 amide bonds. The molecule has 1 aliphatic heterocycles. The Morgan fingerprint density at radius 2 is 2.30 bits per heavy atom. The fourth-order valence-electron chi connectivity index (χ4n) is 2.61. The molecule has 6 heteroatoms. The first kappa shape index (κ1) is 13.7. The van der Waals surface area contributed by atoms with Crippen molar-refractivity contribution in [1.82, 2.24) is 15.0 Å². The fraction of sp³-hybridized carbons (Fsp3) is 0.571. The van der Waals surface area contributed by atoms with Crippen molar-refractivity contribution >= 4 is 11.3 Å². The zero-order valence-corrected chi connectivity index (χ0v) is 12.3. The zero-order chi connectivity index (χ0) is 13.9. The third-order valence-corrected chi connectivity index (χ3v) is 4.60. The maximum absolute atomic E-state index is 9.60. The normalized spacial score (nSPS) is 19.3. The molecule has 1 aliphatic rings. The molecule has 3 rings (SSSR count). The smallest absolute Gasteiger partial charge is 0.241 e. The van der Waals surface area contributed by atoms with E-state index in [9.17, 15) is 5.11 Å². The van der Waals surface area contributed by atoms with Gasteiger partial charge in [-0.3, -0.25) is 4.90 Å². The van der Waals surface area contributed by atoms with E-state index in [1.165, 1.54) is 0 Å². The SMILES string of the molecule is CC(O)C1CCN(Cc2nc(-c3ccsc3)no2)CC1. The first-order valence-corrected chi connectivity index (χ1v) is 7.92. The van der Waals surface area contributed by atoms with E-state index in [1.54, 1.807) is 11.3 Å². The molecule has 2 aromatic heterocycles. The van der Waals surface area contributed by atoms with Crippen molar-refractivity contribution in [3.8, 4) is 11.4 Å². The highest BCUT2D eigenvalue weighted by molar-refractivity contribution is 7.08. The van der Waals surface area contributed by atoms with Gasteiger partial charge in [0.15, 0.2) is 0 Å². The first-order chi connectivity index (χ1) is 9.72. The molecule has 0 aliphatic carbocycles. The van der Waals surface area contributed by atoms with E-state index < -0.39 is 0 Å². The number of nitrogens with zero attached hydrogens (tertiary/aromatic N) is 3. The number of hydrogen-bond acceptors (Lipinski definition) is 6. The summed E-state index contributed by atoms with van der Waals surface area (Å²) in [7, 11) is 0. The topological polar surface area (TPSA) is 62.4 Å². The lowest BCUT2D eigenvalue weighted by atomic mass is 9.92. The van der Waals surface area contributed by atoms with Gasteiger partial charge in [0.1, 0.15) is 0 Å². The molecular weight excluding hydrogens is 274 g/mol. The number of piperidine rings is 1. The second-order valence-electron chi connectivity index (χ2n) is 5.38. The maximum atomic E-state index is 9.60. The Labute approximate surface area is 122 Å². The van der Waals surface area contributed by atoms with E-state index >= 15 is 0 Å². The van der Waals surface area contributed by atoms with Gasteiger partial charge in [0.25, 0.3) is 0 Å². The van der Waals surface area contributed by atoms with Crippen LogP contribution in [0.25, 0.3) is 11.4 Å². The van der Waals surface area contributed by atoms with E-state index in [1.807, 2.05) is 23.8 Å². The third kappa shape index (κ3) is 3.08. The van der Waals surface area contributed by atoms with Gasteiger partial charge in [0.05, 0.1) is 12.6 Å². The van der Waals surface area contributed by atoms with Gasteiger partial charge < -0.3 is 9.63 Å². The van der Waals surface area contributed by atoms with Gasteiger partial charge in [-0.1, -0.05) is 5.16 Å².